The van der Waals surface area contributed by atoms with Crippen LogP contribution in [0.4, 0.5) is 28.1 Å². The summed E-state index contributed by atoms with van der Waals surface area (Å²) in [5, 5.41) is 27.9. The molecule has 2 aromatic carbocycles. The van der Waals surface area contributed by atoms with E-state index < -0.39 is 5.60 Å². The highest BCUT2D eigenvalue weighted by molar-refractivity contribution is 6.36. The van der Waals surface area contributed by atoms with Crippen molar-refractivity contribution in [3.8, 4) is 17.9 Å². The van der Waals surface area contributed by atoms with E-state index in [4.69, 9.17) is 26.1 Å². The maximum absolute atomic E-state index is 12.6. The molecule has 2 fully saturated rings. The zero-order chi connectivity index (χ0) is 34.0. The van der Waals surface area contributed by atoms with E-state index in [-0.39, 0.29) is 18.1 Å². The molecule has 6 rings (SSSR count). The number of ether oxygens (including phenoxy) is 2. The van der Waals surface area contributed by atoms with Crippen LogP contribution in [0.5, 0.6) is 5.75 Å². The molecule has 4 aromatic rings. The molecule has 3 heterocycles. The first-order valence-corrected chi connectivity index (χ1v) is 16.2. The minimum absolute atomic E-state index is 0.214. The molecule has 0 radical (unpaired) electrons. The summed E-state index contributed by atoms with van der Waals surface area (Å²) < 4.78 is 12.5. The molecule has 1 aliphatic carbocycles. The Labute approximate surface area is 284 Å². The van der Waals surface area contributed by atoms with Crippen molar-refractivity contribution < 1.29 is 14.3 Å². The molecule has 0 unspecified atom stereocenters. The Morgan fingerprint density at radius 2 is 1.81 bits per heavy atom. The third-order valence-corrected chi connectivity index (χ3v) is 8.85. The second kappa shape index (κ2) is 13.5. The van der Waals surface area contributed by atoms with Gasteiger partial charge in [-0.3, -0.25) is 0 Å². The van der Waals surface area contributed by atoms with Crippen molar-refractivity contribution >= 4 is 46.6 Å². The molecule has 1 saturated heterocycles. The first-order valence-electron chi connectivity index (χ1n) is 15.9. The second-order valence-electron chi connectivity index (χ2n) is 12.9. The van der Waals surface area contributed by atoms with Crippen molar-refractivity contribution in [3.63, 3.8) is 0 Å². The molecule has 2 aliphatic rings. The minimum atomic E-state index is -0.584. The third kappa shape index (κ3) is 6.87. The van der Waals surface area contributed by atoms with Crippen molar-refractivity contribution in [3.05, 3.63) is 64.3 Å². The van der Waals surface area contributed by atoms with Gasteiger partial charge in [-0.25, -0.2) is 4.79 Å². The Kier molecular flexibility index (Phi) is 9.16. The molecule has 1 amide bonds. The number of amides is 1. The number of carbonyl (C=O) groups is 1. The van der Waals surface area contributed by atoms with E-state index >= 15 is 0 Å². The zero-order valence-electron chi connectivity index (χ0n) is 27.4. The van der Waals surface area contributed by atoms with Crippen LogP contribution in [0.25, 0.3) is 5.65 Å². The number of anilines is 4. The van der Waals surface area contributed by atoms with Crippen molar-refractivity contribution in [2.24, 2.45) is 0 Å². The standard InChI is InChI=1S/C34H37ClN10O3/c1-34(2,3)48-33(46)43-14-12-42(13-15-43)28-17-23(18-36)16-27(29(28)35)39-31-40-30-24(19-37)20-38-45(30)32(41-31)44(25-6-5-7-25)21-22-8-10-26(47-4)11-9-22/h8-11,16-17,20,25H,5-7,12-15,21H2,1-4H3,(H,39,40). The van der Waals surface area contributed by atoms with E-state index in [1.165, 1.54) is 6.20 Å². The second-order valence-corrected chi connectivity index (χ2v) is 13.2. The number of hydrogen-bond donors (Lipinski definition) is 1. The number of rotatable bonds is 8. The Hall–Kier alpha value is -5.27. The fraction of sp³-hybridized carbons (Fsp3) is 0.412. The molecule has 1 aliphatic heterocycles. The summed E-state index contributed by atoms with van der Waals surface area (Å²) in [5.41, 5.74) is 2.64. The predicted octanol–water partition coefficient (Wildman–Crippen LogP) is 5.89. The fourth-order valence-corrected chi connectivity index (χ4v) is 6.02. The predicted molar refractivity (Wildman–Crippen MR) is 182 cm³/mol. The van der Waals surface area contributed by atoms with E-state index in [9.17, 15) is 15.3 Å². The average Bonchev–Trinajstić information content (AvgIpc) is 3.47. The number of nitrogens with zero attached hydrogens (tertiary/aromatic N) is 9. The average molecular weight is 669 g/mol. The van der Waals surface area contributed by atoms with Gasteiger partial charge in [0.05, 0.1) is 41.3 Å². The fourth-order valence-electron chi connectivity index (χ4n) is 5.74. The summed E-state index contributed by atoms with van der Waals surface area (Å²) in [6.45, 7) is 7.97. The molecule has 48 heavy (non-hydrogen) atoms. The largest absolute Gasteiger partial charge is 0.497 e. The first-order chi connectivity index (χ1) is 23.1. The summed E-state index contributed by atoms with van der Waals surface area (Å²) in [6, 6.07) is 15.9. The zero-order valence-corrected chi connectivity index (χ0v) is 28.2. The van der Waals surface area contributed by atoms with Crippen molar-refractivity contribution in [2.75, 3.05) is 48.4 Å². The molecule has 2 aromatic heterocycles. The van der Waals surface area contributed by atoms with Gasteiger partial charge in [-0.1, -0.05) is 23.7 Å². The van der Waals surface area contributed by atoms with Gasteiger partial charge in [-0.2, -0.15) is 30.1 Å². The number of benzene rings is 2. The SMILES string of the molecule is COc1ccc(CN(c2nc(Nc3cc(C#N)cc(N4CCN(C(=O)OC(C)(C)C)CC4)c3Cl)nc3c(C#N)cnn23)C2CCC2)cc1. The molecule has 1 N–H and O–H groups in total. The molecule has 1 saturated carbocycles. The Balaban J connectivity index is 1.32. The maximum Gasteiger partial charge on any atom is 0.410 e. The van der Waals surface area contributed by atoms with Crippen LogP contribution in [0.2, 0.25) is 5.02 Å². The summed E-state index contributed by atoms with van der Waals surface area (Å²) >= 11 is 7.01. The van der Waals surface area contributed by atoms with E-state index in [1.807, 2.05) is 49.9 Å². The van der Waals surface area contributed by atoms with Crippen molar-refractivity contribution in [1.82, 2.24) is 24.5 Å². The number of hydrogen-bond acceptors (Lipinski definition) is 11. The highest BCUT2D eigenvalue weighted by Crippen LogP contribution is 2.37. The lowest BCUT2D eigenvalue weighted by Gasteiger charge is -2.38. The molecule has 13 nitrogen and oxygen atoms in total. The lowest BCUT2D eigenvalue weighted by molar-refractivity contribution is 0.0240. The summed E-state index contributed by atoms with van der Waals surface area (Å²) in [4.78, 5) is 28.1. The molecule has 248 valence electrons. The highest BCUT2D eigenvalue weighted by Gasteiger charge is 2.31. The number of nitriles is 2. The number of nitrogens with one attached hydrogen (secondary N) is 1. The molecule has 0 bridgehead atoms. The summed E-state index contributed by atoms with van der Waals surface area (Å²) in [6.07, 6.45) is 4.23. The van der Waals surface area contributed by atoms with E-state index in [0.29, 0.717) is 71.8 Å². The number of piperazine rings is 1. The molecule has 14 heteroatoms. The summed E-state index contributed by atoms with van der Waals surface area (Å²) in [5.74, 6) is 1.53. The lowest BCUT2D eigenvalue weighted by atomic mass is 9.91. The van der Waals surface area contributed by atoms with E-state index in [2.05, 4.69) is 32.4 Å². The maximum atomic E-state index is 12.6. The Morgan fingerprint density at radius 3 is 2.42 bits per heavy atom. The molecular weight excluding hydrogens is 632 g/mol. The van der Waals surface area contributed by atoms with Gasteiger partial charge in [0.15, 0.2) is 5.65 Å². The van der Waals surface area contributed by atoms with Crippen molar-refractivity contribution in [2.45, 2.75) is 58.2 Å². The quantitative estimate of drug-likeness (QED) is 0.240. The first kappa shape index (κ1) is 32.7. The number of halogens is 1. The smallest absolute Gasteiger partial charge is 0.410 e. The molecule has 0 spiro atoms. The number of aromatic nitrogens is 4. The monoisotopic (exact) mass is 668 g/mol. The van der Waals surface area contributed by atoms with Gasteiger partial charge in [-0.15, -0.1) is 0 Å². The van der Waals surface area contributed by atoms with E-state index in [0.717, 1.165) is 30.6 Å². The Morgan fingerprint density at radius 1 is 1.08 bits per heavy atom. The minimum Gasteiger partial charge on any atom is -0.497 e. The normalized spacial score (nSPS) is 15.0. The van der Waals surface area contributed by atoms with Crippen molar-refractivity contribution in [1.29, 1.82) is 10.5 Å². The topological polar surface area (TPSA) is 148 Å². The van der Waals surface area contributed by atoms with E-state index in [1.54, 1.807) is 28.7 Å². The van der Waals surface area contributed by atoms with Crippen LogP contribution in [-0.2, 0) is 11.3 Å². The van der Waals surface area contributed by atoms with Gasteiger partial charge in [0.2, 0.25) is 11.9 Å². The van der Waals surface area contributed by atoms with Crippen LogP contribution in [0.3, 0.4) is 0 Å². The van der Waals surface area contributed by atoms with Gasteiger partial charge in [-0.05, 0) is 69.9 Å². The Bertz CT molecular complexity index is 1900. The van der Waals surface area contributed by atoms with Crippen LogP contribution in [0.1, 0.15) is 56.7 Å². The van der Waals surface area contributed by atoms with Gasteiger partial charge in [0, 0.05) is 38.8 Å². The van der Waals surface area contributed by atoms with Crippen LogP contribution in [-0.4, -0.2) is 75.5 Å². The van der Waals surface area contributed by atoms with Crippen LogP contribution in [0.15, 0.2) is 42.6 Å². The van der Waals surface area contributed by atoms with Gasteiger partial charge in [0.1, 0.15) is 23.0 Å². The molecular formula is C34H37ClN10O3. The van der Waals surface area contributed by atoms with Gasteiger partial charge in [0.25, 0.3) is 0 Å². The molecule has 0 atom stereocenters. The number of methoxy groups -OCH3 is 1. The van der Waals surface area contributed by atoms with Gasteiger partial charge < -0.3 is 29.5 Å². The summed E-state index contributed by atoms with van der Waals surface area (Å²) in [7, 11) is 1.64. The third-order valence-electron chi connectivity index (χ3n) is 8.46. The van der Waals surface area contributed by atoms with Crippen LogP contribution >= 0.6 is 11.6 Å². The highest BCUT2D eigenvalue weighted by atomic mass is 35.5. The van der Waals surface area contributed by atoms with Crippen LogP contribution < -0.4 is 19.9 Å². The van der Waals surface area contributed by atoms with Crippen LogP contribution in [0, 0.1) is 22.7 Å². The lowest BCUT2D eigenvalue weighted by Crippen LogP contribution is -2.50. The number of fused-ring (bicyclic) bond motifs is 1. The van der Waals surface area contributed by atoms with Gasteiger partial charge >= 0.3 is 6.09 Å². The number of carbonyl (C=O) groups excluding carboxylic acids is 1.